The summed E-state index contributed by atoms with van der Waals surface area (Å²) in [6.07, 6.45) is -0.119. The van der Waals surface area contributed by atoms with Gasteiger partial charge in [-0.05, 0) is 31.5 Å². The molecule has 0 radical (unpaired) electrons. The standard InChI is InChI=1S/C18H24FN5O4/c1-12(25)2-4-14-11-23(18(26)28-14)13-3-5-16(15(19)10-13)22-6-7-24(17(20)21)27-9-8-22/h3,5,10,14H,2,4,6-9,11H2,1H3,(H3,20,21)/t14-/m0/s1. The number of hydrogen-bond donors (Lipinski definition) is 2. The number of anilines is 2. The van der Waals surface area contributed by atoms with E-state index < -0.39 is 11.9 Å². The molecule has 28 heavy (non-hydrogen) atoms. The van der Waals surface area contributed by atoms with Gasteiger partial charge in [0.2, 0.25) is 5.96 Å². The van der Waals surface area contributed by atoms with Gasteiger partial charge in [0.1, 0.15) is 17.7 Å². The van der Waals surface area contributed by atoms with Crippen LogP contribution in [-0.4, -0.2) is 61.8 Å². The van der Waals surface area contributed by atoms with Crippen LogP contribution in [0.4, 0.5) is 20.6 Å². The summed E-state index contributed by atoms with van der Waals surface area (Å²) in [7, 11) is 0. The summed E-state index contributed by atoms with van der Waals surface area (Å²) in [5.74, 6) is -0.618. The Morgan fingerprint density at radius 2 is 2.14 bits per heavy atom. The number of Topliss-reactive ketones (excluding diaryl/α,β-unsaturated/α-hetero) is 1. The molecule has 152 valence electrons. The molecule has 1 aromatic rings. The number of nitrogens with two attached hydrogens (primary N) is 1. The number of carbonyl (C=O) groups is 2. The molecule has 1 aromatic carbocycles. The highest BCUT2D eigenvalue weighted by Crippen LogP contribution is 2.29. The van der Waals surface area contributed by atoms with Crippen molar-refractivity contribution in [3.63, 3.8) is 0 Å². The fourth-order valence-corrected chi connectivity index (χ4v) is 3.25. The lowest BCUT2D eigenvalue weighted by Gasteiger charge is -2.23. The molecule has 1 atom stereocenters. The van der Waals surface area contributed by atoms with Crippen molar-refractivity contribution >= 4 is 29.2 Å². The Kier molecular flexibility index (Phi) is 5.98. The van der Waals surface area contributed by atoms with Crippen LogP contribution in [0, 0.1) is 11.2 Å². The first-order valence-corrected chi connectivity index (χ1v) is 9.11. The lowest BCUT2D eigenvalue weighted by atomic mass is 10.1. The molecule has 10 heteroatoms. The smallest absolute Gasteiger partial charge is 0.414 e. The maximum absolute atomic E-state index is 14.8. The Labute approximate surface area is 162 Å². The predicted octanol–water partition coefficient (Wildman–Crippen LogP) is 1.47. The van der Waals surface area contributed by atoms with Gasteiger partial charge < -0.3 is 20.2 Å². The lowest BCUT2D eigenvalue weighted by Crippen LogP contribution is -2.38. The number of nitrogens with zero attached hydrogens (tertiary/aromatic N) is 3. The summed E-state index contributed by atoms with van der Waals surface area (Å²) in [6.45, 7) is 3.28. The SMILES string of the molecule is CC(=O)CC[C@H]1CN(c2ccc(N3CCON(C(=N)N)CC3)c(F)c2)C(=O)O1. The Morgan fingerprint density at radius 1 is 1.36 bits per heavy atom. The highest BCUT2D eigenvalue weighted by Gasteiger charge is 2.33. The van der Waals surface area contributed by atoms with E-state index in [1.54, 1.807) is 17.0 Å². The highest BCUT2D eigenvalue weighted by atomic mass is 19.1. The molecular weight excluding hydrogens is 369 g/mol. The molecule has 0 unspecified atom stereocenters. The first kappa shape index (κ1) is 19.9. The van der Waals surface area contributed by atoms with Gasteiger partial charge in [-0.1, -0.05) is 0 Å². The van der Waals surface area contributed by atoms with Crippen LogP contribution in [-0.2, 0) is 14.4 Å². The molecule has 2 saturated heterocycles. The van der Waals surface area contributed by atoms with Gasteiger partial charge in [-0.15, -0.1) is 0 Å². The van der Waals surface area contributed by atoms with Crippen LogP contribution < -0.4 is 15.5 Å². The lowest BCUT2D eigenvalue weighted by molar-refractivity contribution is -0.117. The highest BCUT2D eigenvalue weighted by molar-refractivity contribution is 5.90. The van der Waals surface area contributed by atoms with Crippen LogP contribution in [0.2, 0.25) is 0 Å². The third-order valence-electron chi connectivity index (χ3n) is 4.73. The Morgan fingerprint density at radius 3 is 2.82 bits per heavy atom. The summed E-state index contributed by atoms with van der Waals surface area (Å²) in [6, 6.07) is 4.59. The zero-order valence-corrected chi connectivity index (χ0v) is 15.7. The maximum atomic E-state index is 14.8. The minimum absolute atomic E-state index is 0.0367. The van der Waals surface area contributed by atoms with Gasteiger partial charge in [0.05, 0.1) is 31.1 Å². The van der Waals surface area contributed by atoms with Crippen molar-refractivity contribution in [3.05, 3.63) is 24.0 Å². The van der Waals surface area contributed by atoms with Crippen molar-refractivity contribution in [1.82, 2.24) is 5.06 Å². The molecule has 2 aliphatic rings. The van der Waals surface area contributed by atoms with E-state index >= 15 is 0 Å². The number of amides is 1. The van der Waals surface area contributed by atoms with Crippen LogP contribution in [0.15, 0.2) is 18.2 Å². The molecule has 0 spiro atoms. The van der Waals surface area contributed by atoms with Crippen molar-refractivity contribution in [2.45, 2.75) is 25.9 Å². The molecule has 0 bridgehead atoms. The monoisotopic (exact) mass is 393 g/mol. The Hall–Kier alpha value is -2.88. The van der Waals surface area contributed by atoms with Crippen LogP contribution >= 0.6 is 0 Å². The zero-order chi connectivity index (χ0) is 20.3. The number of hydroxylamine groups is 2. The number of cyclic esters (lactones) is 1. The quantitative estimate of drug-likeness (QED) is 0.575. The van der Waals surface area contributed by atoms with Crippen LogP contribution in [0.5, 0.6) is 0 Å². The van der Waals surface area contributed by atoms with Crippen molar-refractivity contribution < 1.29 is 23.6 Å². The van der Waals surface area contributed by atoms with E-state index in [1.807, 2.05) is 0 Å². The molecule has 0 aliphatic carbocycles. The van der Waals surface area contributed by atoms with Crippen LogP contribution in [0.25, 0.3) is 0 Å². The molecule has 1 amide bonds. The molecular formula is C18H24FN5O4. The average molecular weight is 393 g/mol. The molecule has 9 nitrogen and oxygen atoms in total. The maximum Gasteiger partial charge on any atom is 0.414 e. The molecule has 2 fully saturated rings. The molecule has 2 aliphatic heterocycles. The van der Waals surface area contributed by atoms with Crippen LogP contribution in [0.3, 0.4) is 0 Å². The van der Waals surface area contributed by atoms with Crippen molar-refractivity contribution in [2.24, 2.45) is 5.73 Å². The second-order valence-corrected chi connectivity index (χ2v) is 6.80. The molecule has 0 aromatic heterocycles. The number of carbonyl (C=O) groups excluding carboxylic acids is 2. The van der Waals surface area contributed by atoms with E-state index in [2.05, 4.69) is 0 Å². The molecule has 3 rings (SSSR count). The van der Waals surface area contributed by atoms with E-state index in [4.69, 9.17) is 20.7 Å². The summed E-state index contributed by atoms with van der Waals surface area (Å²) in [5, 5.41) is 8.70. The Balaban J connectivity index is 1.68. The number of nitrogens with one attached hydrogen (secondary N) is 1. The number of guanidine groups is 1. The molecule has 2 heterocycles. The largest absolute Gasteiger partial charge is 0.444 e. The number of hydrogen-bond acceptors (Lipinski definition) is 6. The van der Waals surface area contributed by atoms with Gasteiger partial charge in [0.15, 0.2) is 0 Å². The second-order valence-electron chi connectivity index (χ2n) is 6.80. The number of ether oxygens (including phenoxy) is 1. The van der Waals surface area contributed by atoms with E-state index in [0.717, 1.165) is 0 Å². The number of benzene rings is 1. The van der Waals surface area contributed by atoms with E-state index in [-0.39, 0.29) is 31.0 Å². The first-order valence-electron chi connectivity index (χ1n) is 9.11. The van der Waals surface area contributed by atoms with E-state index in [9.17, 15) is 14.0 Å². The van der Waals surface area contributed by atoms with Gasteiger partial charge >= 0.3 is 6.09 Å². The fourth-order valence-electron chi connectivity index (χ4n) is 3.25. The summed E-state index contributed by atoms with van der Waals surface area (Å²) >= 11 is 0. The minimum atomic E-state index is -0.541. The normalized spacial score (nSPS) is 20.1. The van der Waals surface area contributed by atoms with Gasteiger partial charge in [-0.3, -0.25) is 15.1 Å². The average Bonchev–Trinajstić information content (AvgIpc) is 2.85. The summed E-state index contributed by atoms with van der Waals surface area (Å²) < 4.78 is 20.0. The second kappa shape index (κ2) is 8.42. The summed E-state index contributed by atoms with van der Waals surface area (Å²) in [4.78, 5) is 31.7. The minimum Gasteiger partial charge on any atom is -0.444 e. The third-order valence-corrected chi connectivity index (χ3v) is 4.73. The van der Waals surface area contributed by atoms with Gasteiger partial charge in [-0.2, -0.15) is 0 Å². The fraction of sp³-hybridized carbons (Fsp3) is 0.500. The third kappa shape index (κ3) is 4.50. The van der Waals surface area contributed by atoms with Crippen molar-refractivity contribution in [2.75, 3.05) is 42.6 Å². The van der Waals surface area contributed by atoms with E-state index in [1.165, 1.54) is 23.0 Å². The van der Waals surface area contributed by atoms with Crippen molar-refractivity contribution in [1.29, 1.82) is 5.41 Å². The zero-order valence-electron chi connectivity index (χ0n) is 15.7. The van der Waals surface area contributed by atoms with Crippen LogP contribution in [0.1, 0.15) is 19.8 Å². The predicted molar refractivity (Wildman–Crippen MR) is 101 cm³/mol. The molecule has 0 saturated carbocycles. The molecule has 3 N–H and O–H groups in total. The van der Waals surface area contributed by atoms with Gasteiger partial charge in [0, 0.05) is 19.5 Å². The first-order chi connectivity index (χ1) is 13.3. The summed E-state index contributed by atoms with van der Waals surface area (Å²) in [5.41, 5.74) is 6.22. The van der Waals surface area contributed by atoms with E-state index in [0.29, 0.717) is 43.9 Å². The van der Waals surface area contributed by atoms with Crippen molar-refractivity contribution in [3.8, 4) is 0 Å². The number of ketones is 1. The topological polar surface area (TPSA) is 112 Å². The Bertz CT molecular complexity index is 774. The van der Waals surface area contributed by atoms with Gasteiger partial charge in [0.25, 0.3) is 0 Å². The number of rotatable bonds is 5. The number of halogens is 1. The van der Waals surface area contributed by atoms with Gasteiger partial charge in [-0.25, -0.2) is 14.2 Å².